The van der Waals surface area contributed by atoms with Gasteiger partial charge in [0.1, 0.15) is 5.82 Å². The predicted molar refractivity (Wildman–Crippen MR) is 81.0 cm³/mol. The first-order valence-corrected chi connectivity index (χ1v) is 7.42. The van der Waals surface area contributed by atoms with Gasteiger partial charge in [-0.05, 0) is 45.1 Å². The Hall–Kier alpha value is -1.59. The smallest absolute Gasteiger partial charge is 0.337 e. The average molecular weight is 308 g/mol. The van der Waals surface area contributed by atoms with Gasteiger partial charge in [-0.1, -0.05) is 11.6 Å². The number of ether oxygens (including phenoxy) is 1. The molecule has 0 aliphatic carbocycles. The molecule has 1 aliphatic rings. The van der Waals surface area contributed by atoms with Crippen LogP contribution in [0.5, 0.6) is 0 Å². The number of fused-ring (bicyclic) bond motifs is 1. The molecule has 21 heavy (non-hydrogen) atoms. The van der Waals surface area contributed by atoms with Crippen LogP contribution in [0, 0.1) is 0 Å². The molecule has 1 saturated heterocycles. The molecule has 2 aromatic rings. The Morgan fingerprint density at radius 1 is 1.43 bits per heavy atom. The number of rotatable bonds is 2. The zero-order chi connectivity index (χ0) is 15.0. The maximum absolute atomic E-state index is 11.6. The number of esters is 1. The van der Waals surface area contributed by atoms with E-state index in [9.17, 15) is 4.79 Å². The Balaban J connectivity index is 1.99. The lowest BCUT2D eigenvalue weighted by atomic mass is 9.96. The summed E-state index contributed by atoms with van der Waals surface area (Å²) in [5.41, 5.74) is 1.25. The van der Waals surface area contributed by atoms with Gasteiger partial charge in [-0.25, -0.2) is 9.78 Å². The van der Waals surface area contributed by atoms with E-state index in [2.05, 4.69) is 16.9 Å². The first kappa shape index (κ1) is 14.4. The van der Waals surface area contributed by atoms with E-state index in [1.807, 2.05) is 10.6 Å². The molecule has 0 atom stereocenters. The van der Waals surface area contributed by atoms with Gasteiger partial charge in [0.05, 0.1) is 18.2 Å². The maximum atomic E-state index is 11.6. The summed E-state index contributed by atoms with van der Waals surface area (Å²) in [5.74, 6) is 1.03. The highest BCUT2D eigenvalue weighted by atomic mass is 35.5. The van der Waals surface area contributed by atoms with Crippen LogP contribution in [-0.2, 0) is 4.74 Å². The molecule has 5 nitrogen and oxygen atoms in total. The van der Waals surface area contributed by atoms with Crippen molar-refractivity contribution < 1.29 is 9.53 Å². The highest BCUT2D eigenvalue weighted by Gasteiger charge is 2.24. The lowest BCUT2D eigenvalue weighted by molar-refractivity contribution is 0.0600. The lowest BCUT2D eigenvalue weighted by Crippen LogP contribution is -2.29. The quantitative estimate of drug-likeness (QED) is 0.800. The monoisotopic (exact) mass is 307 g/mol. The summed E-state index contributed by atoms with van der Waals surface area (Å²) < 4.78 is 6.73. The number of piperidine rings is 1. The Kier molecular flexibility index (Phi) is 3.87. The summed E-state index contributed by atoms with van der Waals surface area (Å²) in [6.45, 7) is 2.13. The number of methoxy groups -OCH3 is 1. The van der Waals surface area contributed by atoms with E-state index < -0.39 is 0 Å². The molecule has 2 aromatic heterocycles. The second-order valence-electron chi connectivity index (χ2n) is 5.50. The van der Waals surface area contributed by atoms with Gasteiger partial charge in [-0.2, -0.15) is 0 Å². The molecule has 0 N–H and O–H groups in total. The number of aromatic nitrogens is 2. The normalized spacial score (nSPS) is 17.3. The van der Waals surface area contributed by atoms with Gasteiger partial charge in [-0.3, -0.25) is 0 Å². The number of pyridine rings is 1. The molecule has 6 heteroatoms. The maximum Gasteiger partial charge on any atom is 0.337 e. The summed E-state index contributed by atoms with van der Waals surface area (Å²) >= 11 is 6.25. The highest BCUT2D eigenvalue weighted by molar-refractivity contribution is 6.32. The number of halogens is 1. The van der Waals surface area contributed by atoms with Crippen LogP contribution in [0.25, 0.3) is 5.52 Å². The van der Waals surface area contributed by atoms with Crippen molar-refractivity contribution in [3.05, 3.63) is 34.9 Å². The summed E-state index contributed by atoms with van der Waals surface area (Å²) in [6, 6.07) is 3.48. The Morgan fingerprint density at radius 2 is 2.14 bits per heavy atom. The van der Waals surface area contributed by atoms with Gasteiger partial charge in [-0.15, -0.1) is 0 Å². The molecule has 3 rings (SSSR count). The van der Waals surface area contributed by atoms with Crippen molar-refractivity contribution in [2.75, 3.05) is 27.2 Å². The molecule has 0 radical (unpaired) electrons. The first-order chi connectivity index (χ1) is 10.1. The van der Waals surface area contributed by atoms with Crippen LogP contribution in [0.2, 0.25) is 5.15 Å². The standard InChI is InChI=1S/C15H18ClN3O2/c1-18-6-3-10(4-7-18)14-17-13(16)12-9-11(15(20)21-2)5-8-19(12)14/h5,8-10H,3-4,6-7H2,1-2H3. The second kappa shape index (κ2) is 5.66. The number of likely N-dealkylation sites (tertiary alicyclic amines) is 1. The van der Waals surface area contributed by atoms with E-state index in [0.717, 1.165) is 37.3 Å². The van der Waals surface area contributed by atoms with Crippen LogP contribution >= 0.6 is 11.6 Å². The van der Waals surface area contributed by atoms with E-state index in [1.165, 1.54) is 7.11 Å². The summed E-state index contributed by atoms with van der Waals surface area (Å²) in [4.78, 5) is 18.5. The largest absolute Gasteiger partial charge is 0.465 e. The van der Waals surface area contributed by atoms with Gasteiger partial charge < -0.3 is 14.0 Å². The Bertz CT molecular complexity index is 675. The van der Waals surface area contributed by atoms with E-state index in [4.69, 9.17) is 16.3 Å². The first-order valence-electron chi connectivity index (χ1n) is 7.04. The molecule has 112 valence electrons. The van der Waals surface area contributed by atoms with Gasteiger partial charge in [0.2, 0.25) is 0 Å². The highest BCUT2D eigenvalue weighted by Crippen LogP contribution is 2.30. The third-order valence-corrected chi connectivity index (χ3v) is 4.41. The molecule has 0 bridgehead atoms. The SMILES string of the molecule is COC(=O)c1ccn2c(C3CCN(C)CC3)nc(Cl)c2c1. The molecule has 0 saturated carbocycles. The fourth-order valence-electron chi connectivity index (χ4n) is 2.87. The van der Waals surface area contributed by atoms with Crippen molar-refractivity contribution in [2.24, 2.45) is 0 Å². The Morgan fingerprint density at radius 3 is 2.81 bits per heavy atom. The fraction of sp³-hybridized carbons (Fsp3) is 0.467. The molecule has 1 aliphatic heterocycles. The van der Waals surface area contributed by atoms with Crippen LogP contribution in [0.1, 0.15) is 34.9 Å². The van der Waals surface area contributed by atoms with E-state index in [-0.39, 0.29) is 5.97 Å². The summed E-state index contributed by atoms with van der Waals surface area (Å²) in [5, 5.41) is 0.440. The fourth-order valence-corrected chi connectivity index (χ4v) is 3.10. The number of carbonyl (C=O) groups excluding carboxylic acids is 1. The van der Waals surface area contributed by atoms with Crippen molar-refractivity contribution in [1.29, 1.82) is 0 Å². The van der Waals surface area contributed by atoms with Gasteiger partial charge in [0, 0.05) is 12.1 Å². The second-order valence-corrected chi connectivity index (χ2v) is 5.86. The molecule has 0 unspecified atom stereocenters. The minimum absolute atomic E-state index is 0.365. The molecule has 1 fully saturated rings. The van der Waals surface area contributed by atoms with Crippen LogP contribution in [0.15, 0.2) is 18.3 Å². The lowest BCUT2D eigenvalue weighted by Gasteiger charge is -2.28. The number of carbonyl (C=O) groups is 1. The third-order valence-electron chi connectivity index (χ3n) is 4.13. The van der Waals surface area contributed by atoms with Crippen molar-refractivity contribution in [3.63, 3.8) is 0 Å². The van der Waals surface area contributed by atoms with E-state index in [0.29, 0.717) is 16.6 Å². The van der Waals surface area contributed by atoms with Gasteiger partial charge in [0.25, 0.3) is 0 Å². The number of nitrogens with zero attached hydrogens (tertiary/aromatic N) is 3. The summed E-state index contributed by atoms with van der Waals surface area (Å²) in [6.07, 6.45) is 4.00. The minimum atomic E-state index is -0.365. The van der Waals surface area contributed by atoms with E-state index in [1.54, 1.807) is 12.1 Å². The Labute approximate surface area is 128 Å². The topological polar surface area (TPSA) is 46.8 Å². The van der Waals surface area contributed by atoms with Crippen LogP contribution in [0.3, 0.4) is 0 Å². The number of imidazole rings is 1. The van der Waals surface area contributed by atoms with Crippen molar-refractivity contribution in [1.82, 2.24) is 14.3 Å². The summed E-state index contributed by atoms with van der Waals surface area (Å²) in [7, 11) is 3.50. The molecule has 0 amide bonds. The zero-order valence-corrected chi connectivity index (χ0v) is 12.9. The van der Waals surface area contributed by atoms with Crippen LogP contribution in [0.4, 0.5) is 0 Å². The average Bonchev–Trinajstić information content (AvgIpc) is 2.84. The molecule has 3 heterocycles. The van der Waals surface area contributed by atoms with Crippen molar-refractivity contribution in [2.45, 2.75) is 18.8 Å². The number of hydrogen-bond acceptors (Lipinski definition) is 4. The van der Waals surface area contributed by atoms with Crippen molar-refractivity contribution >= 4 is 23.1 Å². The van der Waals surface area contributed by atoms with E-state index >= 15 is 0 Å². The van der Waals surface area contributed by atoms with Crippen molar-refractivity contribution in [3.8, 4) is 0 Å². The van der Waals surface area contributed by atoms with Gasteiger partial charge in [0.15, 0.2) is 5.15 Å². The molecule has 0 spiro atoms. The molecular weight excluding hydrogens is 290 g/mol. The van der Waals surface area contributed by atoms with Crippen LogP contribution < -0.4 is 0 Å². The minimum Gasteiger partial charge on any atom is -0.465 e. The third kappa shape index (κ3) is 2.63. The predicted octanol–water partition coefficient (Wildman–Crippen LogP) is 2.58. The molecule has 0 aromatic carbocycles. The van der Waals surface area contributed by atoms with Gasteiger partial charge >= 0.3 is 5.97 Å². The van der Waals surface area contributed by atoms with Crippen LogP contribution in [-0.4, -0.2) is 47.5 Å². The number of hydrogen-bond donors (Lipinski definition) is 0. The zero-order valence-electron chi connectivity index (χ0n) is 12.2. The molecular formula is C15H18ClN3O2.